The summed E-state index contributed by atoms with van der Waals surface area (Å²) < 4.78 is 4.75. The lowest BCUT2D eigenvalue weighted by atomic mass is 10.2. The van der Waals surface area contributed by atoms with E-state index in [4.69, 9.17) is 4.74 Å². The van der Waals surface area contributed by atoms with Gasteiger partial charge in [-0.05, 0) is 26.8 Å². The van der Waals surface area contributed by atoms with Crippen LogP contribution >= 0.6 is 0 Å². The molecule has 0 saturated carbocycles. The zero-order valence-corrected chi connectivity index (χ0v) is 9.80. The number of hydrogen-bond acceptors (Lipinski definition) is 4. The van der Waals surface area contributed by atoms with Crippen molar-refractivity contribution in [3.63, 3.8) is 0 Å². The van der Waals surface area contributed by atoms with Crippen LogP contribution < -0.4 is 5.32 Å². The highest BCUT2D eigenvalue weighted by molar-refractivity contribution is 5.93. The van der Waals surface area contributed by atoms with E-state index in [0.717, 1.165) is 0 Å². The average molecular weight is 223 g/mol. The lowest BCUT2D eigenvalue weighted by molar-refractivity contribution is 0.157. The first kappa shape index (κ1) is 12.3. The second kappa shape index (κ2) is 5.95. The third-order valence-corrected chi connectivity index (χ3v) is 1.98. The highest BCUT2D eigenvalue weighted by Gasteiger charge is 2.09. The molecular formula is C11H17N3O2. The van der Waals surface area contributed by atoms with Crippen molar-refractivity contribution in [1.29, 1.82) is 0 Å². The molecule has 0 bridgehead atoms. The van der Waals surface area contributed by atoms with Crippen molar-refractivity contribution < 1.29 is 9.53 Å². The molecule has 0 aromatic carbocycles. The molecule has 1 aliphatic heterocycles. The molecule has 0 aliphatic carbocycles. The van der Waals surface area contributed by atoms with Gasteiger partial charge in [0.2, 0.25) is 0 Å². The van der Waals surface area contributed by atoms with Crippen molar-refractivity contribution >= 4 is 11.9 Å². The molecule has 1 heterocycles. The van der Waals surface area contributed by atoms with E-state index in [9.17, 15) is 4.79 Å². The molecule has 0 fully saturated rings. The molecule has 88 valence electrons. The zero-order chi connectivity index (χ0) is 12.0. The van der Waals surface area contributed by atoms with Crippen molar-refractivity contribution in [1.82, 2.24) is 10.3 Å². The van der Waals surface area contributed by atoms with Crippen molar-refractivity contribution in [2.45, 2.75) is 26.8 Å². The number of hydrazone groups is 1. The number of amides is 1. The van der Waals surface area contributed by atoms with Crippen molar-refractivity contribution in [3.8, 4) is 0 Å². The lowest BCUT2D eigenvalue weighted by Crippen LogP contribution is -2.32. The fourth-order valence-corrected chi connectivity index (χ4v) is 1.22. The minimum atomic E-state index is -0.479. The van der Waals surface area contributed by atoms with Crippen LogP contribution in [0.4, 0.5) is 4.79 Å². The van der Waals surface area contributed by atoms with Gasteiger partial charge in [-0.1, -0.05) is 12.2 Å². The maximum atomic E-state index is 11.1. The molecule has 1 amide bonds. The molecule has 0 saturated heterocycles. The largest absolute Gasteiger partial charge is 0.450 e. The van der Waals surface area contributed by atoms with Crippen LogP contribution in [0.1, 0.15) is 20.8 Å². The Morgan fingerprint density at radius 3 is 2.94 bits per heavy atom. The van der Waals surface area contributed by atoms with Crippen LogP contribution in [-0.2, 0) is 4.74 Å². The third kappa shape index (κ3) is 3.76. The van der Waals surface area contributed by atoms with Crippen LogP contribution in [0.3, 0.4) is 0 Å². The Kier molecular flexibility index (Phi) is 4.57. The van der Waals surface area contributed by atoms with Gasteiger partial charge in [-0.15, -0.1) is 0 Å². The summed E-state index contributed by atoms with van der Waals surface area (Å²) in [5.74, 6) is 0.505. The summed E-state index contributed by atoms with van der Waals surface area (Å²) in [5, 5.41) is 8.54. The average Bonchev–Trinajstić information content (AvgIpc) is 2.21. The standard InChI is InChI=1S/C11H17N3O2/c1-4-16-11(15)12-10(3)13-14-8-6-5-7-9(14)2/h5-9H,4H2,1-3H3,(H,12,13,15). The van der Waals surface area contributed by atoms with Crippen LogP contribution in [0.15, 0.2) is 29.5 Å². The van der Waals surface area contributed by atoms with Crippen LogP contribution in [0.5, 0.6) is 0 Å². The number of carbonyl (C=O) groups is 1. The van der Waals surface area contributed by atoms with Gasteiger partial charge in [0.05, 0.1) is 12.6 Å². The number of alkyl carbamates (subject to hydrolysis) is 1. The first-order chi connectivity index (χ1) is 7.63. The molecule has 0 spiro atoms. The summed E-state index contributed by atoms with van der Waals surface area (Å²) in [4.78, 5) is 11.1. The molecule has 1 aliphatic rings. The molecule has 0 radical (unpaired) electrons. The van der Waals surface area contributed by atoms with Gasteiger partial charge in [0.15, 0.2) is 0 Å². The van der Waals surface area contributed by atoms with E-state index in [1.165, 1.54) is 0 Å². The summed E-state index contributed by atoms with van der Waals surface area (Å²) in [6.45, 7) is 5.84. The molecule has 1 N–H and O–H groups in total. The van der Waals surface area contributed by atoms with Crippen molar-refractivity contribution in [3.05, 3.63) is 24.4 Å². The quantitative estimate of drug-likeness (QED) is 0.574. The summed E-state index contributed by atoms with van der Waals surface area (Å²) in [5.41, 5.74) is 0. The Labute approximate surface area is 95.5 Å². The highest BCUT2D eigenvalue weighted by atomic mass is 16.5. The van der Waals surface area contributed by atoms with Gasteiger partial charge in [-0.3, -0.25) is 10.3 Å². The maximum absolute atomic E-state index is 11.1. The Bertz CT molecular complexity index is 334. The van der Waals surface area contributed by atoms with Crippen molar-refractivity contribution in [2.24, 2.45) is 5.10 Å². The molecule has 5 nitrogen and oxygen atoms in total. The molecule has 1 atom stereocenters. The first-order valence-corrected chi connectivity index (χ1v) is 5.25. The predicted octanol–water partition coefficient (Wildman–Crippen LogP) is 1.84. The number of carbonyl (C=O) groups excluding carboxylic acids is 1. The van der Waals surface area contributed by atoms with Gasteiger partial charge in [0.1, 0.15) is 5.84 Å². The fourth-order valence-electron chi connectivity index (χ4n) is 1.22. The second-order valence-corrected chi connectivity index (χ2v) is 3.38. The molecule has 5 heteroatoms. The molecular weight excluding hydrogens is 206 g/mol. The summed E-state index contributed by atoms with van der Waals surface area (Å²) >= 11 is 0. The SMILES string of the molecule is CCOC(=O)N/C(C)=N/N1C=CC=CC1C. The van der Waals surface area contributed by atoms with Gasteiger partial charge < -0.3 is 4.74 Å². The molecule has 1 rings (SSSR count). The smallest absolute Gasteiger partial charge is 0.412 e. The maximum Gasteiger partial charge on any atom is 0.412 e. The number of allylic oxidation sites excluding steroid dienone is 2. The Balaban J connectivity index is 2.52. The van der Waals surface area contributed by atoms with E-state index in [-0.39, 0.29) is 6.04 Å². The second-order valence-electron chi connectivity index (χ2n) is 3.38. The number of nitrogens with zero attached hydrogens (tertiary/aromatic N) is 2. The third-order valence-electron chi connectivity index (χ3n) is 1.98. The summed E-state index contributed by atoms with van der Waals surface area (Å²) in [6.07, 6.45) is 7.24. The predicted molar refractivity (Wildman–Crippen MR) is 62.8 cm³/mol. The van der Waals surface area contributed by atoms with E-state index in [1.807, 2.05) is 31.4 Å². The highest BCUT2D eigenvalue weighted by Crippen LogP contribution is 2.07. The minimum absolute atomic E-state index is 0.184. The van der Waals surface area contributed by atoms with Crippen LogP contribution in [0.2, 0.25) is 0 Å². The van der Waals surface area contributed by atoms with Gasteiger partial charge in [-0.2, -0.15) is 5.10 Å². The van der Waals surface area contributed by atoms with E-state index >= 15 is 0 Å². The minimum Gasteiger partial charge on any atom is -0.450 e. The van der Waals surface area contributed by atoms with Gasteiger partial charge >= 0.3 is 6.09 Å². The number of nitrogens with one attached hydrogen (secondary N) is 1. The summed E-state index contributed by atoms with van der Waals surface area (Å²) in [6, 6.07) is 0.184. The Hall–Kier alpha value is -1.78. The molecule has 1 unspecified atom stereocenters. The topological polar surface area (TPSA) is 53.9 Å². The van der Waals surface area contributed by atoms with Gasteiger partial charge in [-0.25, -0.2) is 4.79 Å². The first-order valence-electron chi connectivity index (χ1n) is 5.25. The number of rotatable bonds is 2. The van der Waals surface area contributed by atoms with E-state index in [1.54, 1.807) is 18.9 Å². The monoisotopic (exact) mass is 223 g/mol. The normalized spacial score (nSPS) is 19.8. The molecule has 16 heavy (non-hydrogen) atoms. The molecule has 0 aromatic rings. The Morgan fingerprint density at radius 1 is 1.56 bits per heavy atom. The van der Waals surface area contributed by atoms with E-state index in [0.29, 0.717) is 12.4 Å². The zero-order valence-electron chi connectivity index (χ0n) is 9.80. The Morgan fingerprint density at radius 2 is 2.31 bits per heavy atom. The van der Waals surface area contributed by atoms with Gasteiger partial charge in [0, 0.05) is 6.20 Å². The van der Waals surface area contributed by atoms with Crippen LogP contribution in [0.25, 0.3) is 0 Å². The van der Waals surface area contributed by atoms with E-state index in [2.05, 4.69) is 10.4 Å². The summed E-state index contributed by atoms with van der Waals surface area (Å²) in [7, 11) is 0. The molecule has 0 aromatic heterocycles. The number of hydrogen-bond donors (Lipinski definition) is 1. The number of amidine groups is 1. The fraction of sp³-hybridized carbons (Fsp3) is 0.455. The lowest BCUT2D eigenvalue weighted by Gasteiger charge is -2.22. The number of ether oxygens (including phenoxy) is 1. The van der Waals surface area contributed by atoms with Crippen molar-refractivity contribution in [2.75, 3.05) is 6.61 Å². The van der Waals surface area contributed by atoms with E-state index < -0.39 is 6.09 Å². The van der Waals surface area contributed by atoms with Gasteiger partial charge in [0.25, 0.3) is 0 Å². The van der Waals surface area contributed by atoms with Crippen LogP contribution in [0, 0.1) is 0 Å². The van der Waals surface area contributed by atoms with Crippen LogP contribution in [-0.4, -0.2) is 29.6 Å².